The normalized spacial score (nSPS) is 30.5. The second-order valence-corrected chi connectivity index (χ2v) is 8.06. The molecule has 140 valence electrons. The van der Waals surface area contributed by atoms with E-state index in [9.17, 15) is 0 Å². The molecule has 0 radical (unpaired) electrons. The molecule has 1 heteroatoms. The van der Waals surface area contributed by atoms with Crippen LogP contribution in [0.2, 0.25) is 0 Å². The van der Waals surface area contributed by atoms with Crippen LogP contribution in [0.5, 0.6) is 0 Å². The molecule has 2 fully saturated rings. The van der Waals surface area contributed by atoms with E-state index < -0.39 is 0 Å². The van der Waals surface area contributed by atoms with E-state index in [4.69, 9.17) is 4.74 Å². The molecule has 0 atom stereocenters. The summed E-state index contributed by atoms with van der Waals surface area (Å²) < 4.78 is 5.42. The van der Waals surface area contributed by atoms with Crippen molar-refractivity contribution in [3.05, 3.63) is 24.3 Å². The Morgan fingerprint density at radius 2 is 1.36 bits per heavy atom. The Morgan fingerprint density at radius 3 is 1.88 bits per heavy atom. The van der Waals surface area contributed by atoms with Gasteiger partial charge in [0.25, 0.3) is 0 Å². The Morgan fingerprint density at radius 1 is 0.800 bits per heavy atom. The van der Waals surface area contributed by atoms with Crippen LogP contribution in [0.3, 0.4) is 0 Å². The van der Waals surface area contributed by atoms with Crippen molar-refractivity contribution >= 4 is 0 Å². The smallest absolute Gasteiger partial charge is 0.0571 e. The van der Waals surface area contributed by atoms with Crippen molar-refractivity contribution in [1.82, 2.24) is 0 Å². The number of rotatable bonds is 7. The Kier molecular flexibility index (Phi) is 10.1. The first-order valence-electron chi connectivity index (χ1n) is 10.7. The quantitative estimate of drug-likeness (QED) is 0.370. The average molecular weight is 343 g/mol. The van der Waals surface area contributed by atoms with E-state index in [0.717, 1.165) is 11.8 Å². The number of allylic oxidation sites excluding steroid dienone is 4. The molecular formula is C24H38O. The fourth-order valence-electron chi connectivity index (χ4n) is 4.33. The molecule has 0 aromatic rings. The summed E-state index contributed by atoms with van der Waals surface area (Å²) in [5.41, 5.74) is 0. The number of hydrogen-bond acceptors (Lipinski definition) is 1. The number of ether oxygens (including phenoxy) is 1. The average Bonchev–Trinajstić information content (AvgIpc) is 2.66. The SMILES string of the molecule is CCCCCC1CCC(/C=C/C#C/C=C/C2CCC(OC)CC2)CC1. The van der Waals surface area contributed by atoms with Gasteiger partial charge in [-0.25, -0.2) is 0 Å². The van der Waals surface area contributed by atoms with Gasteiger partial charge < -0.3 is 4.74 Å². The highest BCUT2D eigenvalue weighted by molar-refractivity contribution is 5.24. The summed E-state index contributed by atoms with van der Waals surface area (Å²) in [7, 11) is 1.83. The van der Waals surface area contributed by atoms with Crippen molar-refractivity contribution < 1.29 is 4.74 Å². The third-order valence-electron chi connectivity index (χ3n) is 6.15. The number of hydrogen-bond donors (Lipinski definition) is 0. The van der Waals surface area contributed by atoms with Crippen LogP contribution in [0.1, 0.15) is 84.0 Å². The lowest BCUT2D eigenvalue weighted by atomic mass is 9.79. The molecule has 2 rings (SSSR count). The van der Waals surface area contributed by atoms with E-state index in [-0.39, 0.29) is 0 Å². The summed E-state index contributed by atoms with van der Waals surface area (Å²) in [6, 6.07) is 0. The molecule has 0 unspecified atom stereocenters. The lowest BCUT2D eigenvalue weighted by Gasteiger charge is -2.26. The zero-order valence-corrected chi connectivity index (χ0v) is 16.5. The van der Waals surface area contributed by atoms with E-state index in [2.05, 4.69) is 43.1 Å². The van der Waals surface area contributed by atoms with Crippen molar-refractivity contribution in [3.8, 4) is 11.8 Å². The van der Waals surface area contributed by atoms with Crippen LogP contribution in [0.25, 0.3) is 0 Å². The van der Waals surface area contributed by atoms with Crippen molar-refractivity contribution in [2.45, 2.75) is 90.1 Å². The minimum absolute atomic E-state index is 0.486. The lowest BCUT2D eigenvalue weighted by Crippen LogP contribution is -2.19. The Hall–Kier alpha value is -1.00. The highest BCUT2D eigenvalue weighted by Crippen LogP contribution is 2.32. The van der Waals surface area contributed by atoms with Gasteiger partial charge in [-0.2, -0.15) is 0 Å². The summed E-state index contributed by atoms with van der Waals surface area (Å²) in [5.74, 6) is 8.86. The monoisotopic (exact) mass is 342 g/mol. The van der Waals surface area contributed by atoms with Gasteiger partial charge in [0.2, 0.25) is 0 Å². The van der Waals surface area contributed by atoms with Crippen LogP contribution in [0.15, 0.2) is 24.3 Å². The van der Waals surface area contributed by atoms with Gasteiger partial charge in [-0.05, 0) is 81.3 Å². The van der Waals surface area contributed by atoms with Crippen molar-refractivity contribution in [1.29, 1.82) is 0 Å². The molecular weight excluding hydrogens is 304 g/mol. The molecule has 2 saturated carbocycles. The first-order chi connectivity index (χ1) is 12.3. The highest BCUT2D eigenvalue weighted by Gasteiger charge is 2.19. The maximum Gasteiger partial charge on any atom is 0.0571 e. The maximum absolute atomic E-state index is 5.42. The predicted molar refractivity (Wildman–Crippen MR) is 108 cm³/mol. The first-order valence-corrected chi connectivity index (χ1v) is 10.7. The van der Waals surface area contributed by atoms with Gasteiger partial charge in [0, 0.05) is 7.11 Å². The third kappa shape index (κ3) is 8.28. The van der Waals surface area contributed by atoms with Crippen LogP contribution >= 0.6 is 0 Å². The van der Waals surface area contributed by atoms with Crippen LogP contribution in [0, 0.1) is 29.6 Å². The summed E-state index contributed by atoms with van der Waals surface area (Å²) in [4.78, 5) is 0. The largest absolute Gasteiger partial charge is 0.381 e. The molecule has 1 nitrogen and oxygen atoms in total. The standard InChI is InChI=1S/C24H38O/c1-3-4-7-10-21-13-15-22(16-14-21)11-8-5-6-9-12-23-17-19-24(25-2)20-18-23/h8-9,11-12,21-24H,3-4,7,10,13-20H2,1-2H3/b11-8+,12-9+. The molecule has 0 aliphatic heterocycles. The van der Waals surface area contributed by atoms with Gasteiger partial charge in [-0.1, -0.05) is 56.6 Å². The Bertz CT molecular complexity index is 448. The van der Waals surface area contributed by atoms with Crippen LogP contribution in [0.4, 0.5) is 0 Å². The molecule has 0 aromatic heterocycles. The Labute approximate surface area is 156 Å². The van der Waals surface area contributed by atoms with Crippen LogP contribution in [-0.2, 0) is 4.74 Å². The van der Waals surface area contributed by atoms with Crippen molar-refractivity contribution in [3.63, 3.8) is 0 Å². The van der Waals surface area contributed by atoms with Gasteiger partial charge in [0.05, 0.1) is 6.10 Å². The zero-order valence-electron chi connectivity index (χ0n) is 16.5. The fraction of sp³-hybridized carbons (Fsp3) is 0.750. The minimum atomic E-state index is 0.486. The minimum Gasteiger partial charge on any atom is -0.381 e. The van der Waals surface area contributed by atoms with Gasteiger partial charge >= 0.3 is 0 Å². The van der Waals surface area contributed by atoms with E-state index >= 15 is 0 Å². The Balaban J connectivity index is 1.59. The van der Waals surface area contributed by atoms with Crippen molar-refractivity contribution in [2.75, 3.05) is 7.11 Å². The number of unbranched alkanes of at least 4 members (excludes halogenated alkanes) is 2. The molecule has 0 N–H and O–H groups in total. The van der Waals surface area contributed by atoms with E-state index in [0.29, 0.717) is 12.0 Å². The van der Waals surface area contributed by atoms with Gasteiger partial charge in [0.15, 0.2) is 0 Å². The molecule has 0 saturated heterocycles. The number of methoxy groups -OCH3 is 1. The molecule has 2 aliphatic rings. The third-order valence-corrected chi connectivity index (χ3v) is 6.15. The van der Waals surface area contributed by atoms with Crippen LogP contribution < -0.4 is 0 Å². The summed E-state index contributed by atoms with van der Waals surface area (Å²) >= 11 is 0. The maximum atomic E-state index is 5.42. The first kappa shape index (κ1) is 20.3. The molecule has 0 heterocycles. The van der Waals surface area contributed by atoms with Crippen LogP contribution in [-0.4, -0.2) is 13.2 Å². The molecule has 0 amide bonds. The van der Waals surface area contributed by atoms with Gasteiger partial charge in [-0.15, -0.1) is 0 Å². The van der Waals surface area contributed by atoms with Crippen molar-refractivity contribution in [2.24, 2.45) is 17.8 Å². The second kappa shape index (κ2) is 12.4. The topological polar surface area (TPSA) is 9.23 Å². The van der Waals surface area contributed by atoms with Gasteiger partial charge in [0.1, 0.15) is 0 Å². The molecule has 0 bridgehead atoms. The second-order valence-electron chi connectivity index (χ2n) is 8.06. The summed E-state index contributed by atoms with van der Waals surface area (Å²) in [6.07, 6.45) is 25.4. The molecule has 25 heavy (non-hydrogen) atoms. The predicted octanol–water partition coefficient (Wildman–Crippen LogP) is 6.69. The summed E-state index contributed by atoms with van der Waals surface area (Å²) in [5, 5.41) is 0. The summed E-state index contributed by atoms with van der Waals surface area (Å²) in [6.45, 7) is 2.30. The molecule has 0 aromatic carbocycles. The van der Waals surface area contributed by atoms with Gasteiger partial charge in [-0.3, -0.25) is 0 Å². The lowest BCUT2D eigenvalue weighted by molar-refractivity contribution is 0.0627. The highest BCUT2D eigenvalue weighted by atomic mass is 16.5. The zero-order chi connectivity index (χ0) is 17.7. The molecule has 2 aliphatic carbocycles. The van der Waals surface area contributed by atoms with E-state index in [1.54, 1.807) is 0 Å². The fourth-order valence-corrected chi connectivity index (χ4v) is 4.33. The molecule has 0 spiro atoms. The van der Waals surface area contributed by atoms with E-state index in [1.165, 1.54) is 77.0 Å². The van der Waals surface area contributed by atoms with E-state index in [1.807, 2.05) is 7.11 Å².